The van der Waals surface area contributed by atoms with Crippen molar-refractivity contribution >= 4 is 5.69 Å². The second-order valence-electron chi connectivity index (χ2n) is 5.43. The molecular weight excluding hydrogens is 241 g/mol. The molecule has 0 aliphatic rings. The molecule has 2 aromatic rings. The number of nitrogens with one attached hydrogen (secondary N) is 1. The molecule has 0 atom stereocenters. The van der Waals surface area contributed by atoms with Crippen LogP contribution in [0.5, 0.6) is 11.5 Å². The van der Waals surface area contributed by atoms with E-state index in [4.69, 9.17) is 4.74 Å². The first-order valence-corrected chi connectivity index (χ1v) is 6.25. The molecule has 0 amide bonds. The molecule has 0 aromatic heterocycles. The Morgan fingerprint density at radius 1 is 0.947 bits per heavy atom. The molecule has 1 N–H and O–H groups in total. The second-order valence-corrected chi connectivity index (χ2v) is 5.43. The van der Waals surface area contributed by atoms with Gasteiger partial charge in [0, 0.05) is 11.6 Å². The van der Waals surface area contributed by atoms with Gasteiger partial charge in [0.25, 0.3) is 0 Å². The molecule has 2 rings (SSSR count). The third kappa shape index (κ3) is 3.98. The maximum Gasteiger partial charge on any atom is 0.150 e. The predicted octanol–water partition coefficient (Wildman–Crippen LogP) is 4.83. The molecular formula is C16H18FNO. The van der Waals surface area contributed by atoms with Crippen LogP contribution in [0.25, 0.3) is 0 Å². The molecule has 0 unspecified atom stereocenters. The van der Waals surface area contributed by atoms with E-state index in [0.29, 0.717) is 17.2 Å². The summed E-state index contributed by atoms with van der Waals surface area (Å²) in [5.74, 6) is 0.866. The van der Waals surface area contributed by atoms with E-state index in [1.807, 2.05) is 51.1 Å². The first-order valence-electron chi connectivity index (χ1n) is 6.25. The largest absolute Gasteiger partial charge is 0.457 e. The van der Waals surface area contributed by atoms with Crippen LogP contribution in [0.4, 0.5) is 10.1 Å². The molecule has 0 saturated heterocycles. The Labute approximate surface area is 113 Å². The summed E-state index contributed by atoms with van der Waals surface area (Å²) in [4.78, 5) is 0. The molecule has 0 saturated carbocycles. The summed E-state index contributed by atoms with van der Waals surface area (Å²) in [5.41, 5.74) is 0.302. The van der Waals surface area contributed by atoms with Crippen LogP contribution in [0.1, 0.15) is 20.8 Å². The van der Waals surface area contributed by atoms with Gasteiger partial charge < -0.3 is 10.1 Å². The zero-order chi connectivity index (χ0) is 13.9. The van der Waals surface area contributed by atoms with Gasteiger partial charge >= 0.3 is 0 Å². The van der Waals surface area contributed by atoms with Crippen molar-refractivity contribution in [2.24, 2.45) is 0 Å². The first-order chi connectivity index (χ1) is 8.94. The highest BCUT2D eigenvalue weighted by molar-refractivity contribution is 5.50. The van der Waals surface area contributed by atoms with Gasteiger partial charge in [-0.2, -0.15) is 0 Å². The Morgan fingerprint density at radius 2 is 1.63 bits per heavy atom. The average Bonchev–Trinajstić information content (AvgIpc) is 2.33. The van der Waals surface area contributed by atoms with Crippen molar-refractivity contribution in [3.8, 4) is 11.5 Å². The minimum atomic E-state index is -0.316. The van der Waals surface area contributed by atoms with Crippen LogP contribution in [0.15, 0.2) is 48.5 Å². The van der Waals surface area contributed by atoms with Crippen LogP contribution < -0.4 is 10.1 Å². The number of para-hydroxylation sites is 1. The summed E-state index contributed by atoms with van der Waals surface area (Å²) >= 11 is 0. The van der Waals surface area contributed by atoms with Gasteiger partial charge in [0.1, 0.15) is 17.3 Å². The molecule has 3 heteroatoms. The minimum Gasteiger partial charge on any atom is -0.457 e. The summed E-state index contributed by atoms with van der Waals surface area (Å²) in [6.45, 7) is 5.96. The van der Waals surface area contributed by atoms with Crippen LogP contribution in [0.3, 0.4) is 0 Å². The number of rotatable bonds is 3. The second kappa shape index (κ2) is 5.31. The highest BCUT2D eigenvalue weighted by Gasteiger charge is 2.13. The SMILES string of the molecule is CC(C)(C)Nc1ccc(Oc2ccccc2)cc1F. The fourth-order valence-corrected chi connectivity index (χ4v) is 1.69. The van der Waals surface area contributed by atoms with E-state index in [-0.39, 0.29) is 11.4 Å². The summed E-state index contributed by atoms with van der Waals surface area (Å²) in [5, 5.41) is 3.11. The lowest BCUT2D eigenvalue weighted by molar-refractivity contribution is 0.476. The molecule has 0 radical (unpaired) electrons. The highest BCUT2D eigenvalue weighted by Crippen LogP contribution is 2.26. The third-order valence-electron chi connectivity index (χ3n) is 2.43. The zero-order valence-electron chi connectivity index (χ0n) is 11.4. The lowest BCUT2D eigenvalue weighted by Gasteiger charge is -2.22. The van der Waals surface area contributed by atoms with Gasteiger partial charge in [0.2, 0.25) is 0 Å². The van der Waals surface area contributed by atoms with E-state index in [9.17, 15) is 4.39 Å². The summed E-state index contributed by atoms with van der Waals surface area (Å²) in [6.07, 6.45) is 0. The fourth-order valence-electron chi connectivity index (χ4n) is 1.69. The van der Waals surface area contributed by atoms with E-state index < -0.39 is 0 Å². The lowest BCUT2D eigenvalue weighted by atomic mass is 10.1. The summed E-state index contributed by atoms with van der Waals surface area (Å²) in [6, 6.07) is 14.2. The predicted molar refractivity (Wildman–Crippen MR) is 76.3 cm³/mol. The van der Waals surface area contributed by atoms with Crippen LogP contribution in [0.2, 0.25) is 0 Å². The number of halogens is 1. The van der Waals surface area contributed by atoms with Crippen LogP contribution >= 0.6 is 0 Å². The standard InChI is InChI=1S/C16H18FNO/c1-16(2,3)18-15-10-9-13(11-14(15)17)19-12-7-5-4-6-8-12/h4-11,18H,1-3H3. The topological polar surface area (TPSA) is 21.3 Å². The number of hydrogen-bond acceptors (Lipinski definition) is 2. The Hall–Kier alpha value is -2.03. The highest BCUT2D eigenvalue weighted by atomic mass is 19.1. The molecule has 0 heterocycles. The van der Waals surface area contributed by atoms with Gasteiger partial charge in [-0.3, -0.25) is 0 Å². The molecule has 0 bridgehead atoms. The lowest BCUT2D eigenvalue weighted by Crippen LogP contribution is -2.26. The van der Waals surface area contributed by atoms with E-state index in [1.165, 1.54) is 6.07 Å². The van der Waals surface area contributed by atoms with Gasteiger partial charge in [-0.1, -0.05) is 18.2 Å². The number of hydrogen-bond donors (Lipinski definition) is 1. The summed E-state index contributed by atoms with van der Waals surface area (Å²) in [7, 11) is 0. The van der Waals surface area contributed by atoms with E-state index >= 15 is 0 Å². The van der Waals surface area contributed by atoms with Gasteiger partial charge in [-0.15, -0.1) is 0 Å². The van der Waals surface area contributed by atoms with Crippen molar-refractivity contribution in [1.29, 1.82) is 0 Å². The van der Waals surface area contributed by atoms with Gasteiger partial charge in [0.05, 0.1) is 5.69 Å². The molecule has 2 nitrogen and oxygen atoms in total. The number of anilines is 1. The fraction of sp³-hybridized carbons (Fsp3) is 0.250. The Bertz CT molecular complexity index is 546. The van der Waals surface area contributed by atoms with Crippen molar-refractivity contribution in [3.63, 3.8) is 0 Å². The quantitative estimate of drug-likeness (QED) is 0.852. The summed E-state index contributed by atoms with van der Waals surface area (Å²) < 4.78 is 19.5. The molecule has 19 heavy (non-hydrogen) atoms. The molecule has 0 spiro atoms. The van der Waals surface area contributed by atoms with E-state index in [1.54, 1.807) is 12.1 Å². The normalized spacial score (nSPS) is 11.2. The van der Waals surface area contributed by atoms with Crippen molar-refractivity contribution < 1.29 is 9.13 Å². The van der Waals surface area contributed by atoms with Crippen LogP contribution in [0, 0.1) is 5.82 Å². The number of benzene rings is 2. The smallest absolute Gasteiger partial charge is 0.150 e. The van der Waals surface area contributed by atoms with E-state index in [0.717, 1.165) is 0 Å². The Kier molecular flexibility index (Phi) is 3.74. The first kappa shape index (κ1) is 13.4. The molecule has 0 aliphatic heterocycles. The number of ether oxygens (including phenoxy) is 1. The third-order valence-corrected chi connectivity index (χ3v) is 2.43. The van der Waals surface area contributed by atoms with Crippen molar-refractivity contribution in [1.82, 2.24) is 0 Å². The van der Waals surface area contributed by atoms with Gasteiger partial charge in [0.15, 0.2) is 0 Å². The molecule has 2 aromatic carbocycles. The van der Waals surface area contributed by atoms with Crippen LogP contribution in [-0.4, -0.2) is 5.54 Å². The zero-order valence-corrected chi connectivity index (χ0v) is 11.4. The van der Waals surface area contributed by atoms with E-state index in [2.05, 4.69) is 5.32 Å². The Morgan fingerprint density at radius 3 is 2.21 bits per heavy atom. The van der Waals surface area contributed by atoms with Gasteiger partial charge in [-0.05, 0) is 45.0 Å². The Balaban J connectivity index is 2.15. The van der Waals surface area contributed by atoms with Crippen molar-refractivity contribution in [3.05, 3.63) is 54.3 Å². The maximum atomic E-state index is 13.9. The monoisotopic (exact) mass is 259 g/mol. The molecule has 100 valence electrons. The van der Waals surface area contributed by atoms with Crippen molar-refractivity contribution in [2.75, 3.05) is 5.32 Å². The molecule has 0 aliphatic carbocycles. The van der Waals surface area contributed by atoms with Crippen molar-refractivity contribution in [2.45, 2.75) is 26.3 Å². The van der Waals surface area contributed by atoms with Crippen LogP contribution in [-0.2, 0) is 0 Å². The minimum absolute atomic E-state index is 0.178. The average molecular weight is 259 g/mol. The maximum absolute atomic E-state index is 13.9. The molecule has 0 fully saturated rings. The van der Waals surface area contributed by atoms with Gasteiger partial charge in [-0.25, -0.2) is 4.39 Å².